The highest BCUT2D eigenvalue weighted by atomic mass is 32.1. The van der Waals surface area contributed by atoms with Gasteiger partial charge in [0.25, 0.3) is 0 Å². The molecule has 0 amide bonds. The zero-order valence-electron chi connectivity index (χ0n) is 67.4. The van der Waals surface area contributed by atoms with Crippen LogP contribution in [0, 0.1) is 0 Å². The zero-order chi connectivity index (χ0) is 83.1. The van der Waals surface area contributed by atoms with Crippen molar-refractivity contribution >= 4 is 160 Å². The summed E-state index contributed by atoms with van der Waals surface area (Å²) < 4.78 is 14.8. The Kier molecular flexibility index (Phi) is 18.2. The Morgan fingerprint density at radius 3 is 0.937 bits per heavy atom. The van der Waals surface area contributed by atoms with Gasteiger partial charge in [0.2, 0.25) is 5.95 Å². The lowest BCUT2D eigenvalue weighted by molar-refractivity contribution is 0.953. The van der Waals surface area contributed by atoms with E-state index in [1.807, 2.05) is 216 Å². The predicted molar refractivity (Wildman–Crippen MR) is 525 cm³/mol. The van der Waals surface area contributed by atoms with E-state index in [1.54, 1.807) is 0 Å². The number of benzene rings is 17. The van der Waals surface area contributed by atoms with Crippen LogP contribution in [0.3, 0.4) is 0 Å². The number of nitrogens with zero attached hydrogens (tertiary/aromatic N) is 12. The van der Waals surface area contributed by atoms with Crippen molar-refractivity contribution in [2.45, 2.75) is 0 Å². The summed E-state index contributed by atoms with van der Waals surface area (Å²) in [4.78, 5) is 44.3. The van der Waals surface area contributed by atoms with E-state index in [0.717, 1.165) is 66.9 Å². The lowest BCUT2D eigenvalue weighted by Gasteiger charge is -2.11. The predicted octanol–water partition coefficient (Wildman–Crippen LogP) is 29.3. The van der Waals surface area contributed by atoms with Crippen LogP contribution in [0.15, 0.2) is 413 Å². The molecule has 12 nitrogen and oxygen atoms in total. The average molecular weight is 1670 g/mol. The van der Waals surface area contributed by atoms with E-state index in [1.165, 1.54) is 115 Å². The molecule has 0 saturated carbocycles. The summed E-state index contributed by atoms with van der Waals surface area (Å²) >= 11 is 5.57. The minimum absolute atomic E-state index is 0.614. The Balaban J connectivity index is 0.000000106. The molecule has 0 saturated heterocycles. The molecule has 0 bridgehead atoms. The van der Waals surface area contributed by atoms with Gasteiger partial charge < -0.3 is 9.13 Å². The topological polar surface area (TPSA) is 131 Å². The molecule has 0 aliphatic carbocycles. The number of rotatable bonds is 11. The first-order chi connectivity index (χ1) is 62.5. The van der Waals surface area contributed by atoms with Gasteiger partial charge in [0.1, 0.15) is 0 Å². The van der Waals surface area contributed by atoms with E-state index in [2.05, 4.69) is 244 Å². The summed E-state index contributed by atoms with van der Waals surface area (Å²) in [6.07, 6.45) is 0. The van der Waals surface area contributed by atoms with Crippen molar-refractivity contribution in [1.82, 2.24) is 58.6 Å². The molecule has 26 aromatic rings. The highest BCUT2D eigenvalue weighted by Gasteiger charge is 2.25. The van der Waals surface area contributed by atoms with Gasteiger partial charge in [-0.15, -0.1) is 34.0 Å². The van der Waals surface area contributed by atoms with E-state index in [-0.39, 0.29) is 0 Å². The lowest BCUT2D eigenvalue weighted by atomic mass is 10.1. The second-order valence-corrected chi connectivity index (χ2v) is 34.3. The van der Waals surface area contributed by atoms with Crippen molar-refractivity contribution in [2.24, 2.45) is 0 Å². The molecule has 9 aromatic heterocycles. The first-order valence-electron chi connectivity index (χ1n) is 41.8. The largest absolute Gasteiger partial charge is 0.309 e. The third-order valence-electron chi connectivity index (χ3n) is 23.6. The normalized spacial score (nSPS) is 11.7. The van der Waals surface area contributed by atoms with E-state index in [0.29, 0.717) is 52.5 Å². The number of fused-ring (bicyclic) bond motifs is 20. The van der Waals surface area contributed by atoms with Crippen molar-refractivity contribution in [1.29, 1.82) is 0 Å². The maximum atomic E-state index is 5.05. The maximum Gasteiger partial charge on any atom is 0.238 e. The van der Waals surface area contributed by atoms with Gasteiger partial charge in [-0.05, 0) is 115 Å². The van der Waals surface area contributed by atoms with Gasteiger partial charge in [-0.25, -0.2) is 34.9 Å². The smallest absolute Gasteiger partial charge is 0.238 e. The first kappa shape index (κ1) is 73.7. The van der Waals surface area contributed by atoms with Crippen LogP contribution in [-0.2, 0) is 0 Å². The highest BCUT2D eigenvalue weighted by Crippen LogP contribution is 2.47. The summed E-state index contributed by atoms with van der Waals surface area (Å²) in [5.41, 5.74) is 16.8. The highest BCUT2D eigenvalue weighted by molar-refractivity contribution is 7.27. The Morgan fingerprint density at radius 2 is 0.476 bits per heavy atom. The Morgan fingerprint density at radius 1 is 0.159 bits per heavy atom. The van der Waals surface area contributed by atoms with E-state index < -0.39 is 0 Å². The molecule has 0 N–H and O–H groups in total. The second kappa shape index (κ2) is 31.1. The van der Waals surface area contributed by atoms with Crippen molar-refractivity contribution in [2.75, 3.05) is 0 Å². The van der Waals surface area contributed by atoms with Crippen LogP contribution >= 0.6 is 34.0 Å². The van der Waals surface area contributed by atoms with Gasteiger partial charge in [0, 0.05) is 149 Å². The summed E-state index contributed by atoms with van der Waals surface area (Å²) in [5, 5.41) is 15.4. The molecular formula is C111H68N12S3. The van der Waals surface area contributed by atoms with Crippen LogP contribution in [0.2, 0.25) is 0 Å². The third-order valence-corrected chi connectivity index (χ3v) is 27.1. The summed E-state index contributed by atoms with van der Waals surface area (Å²) in [6.45, 7) is 0. The number of thiophene rings is 3. The van der Waals surface area contributed by atoms with Gasteiger partial charge in [-0.2, -0.15) is 9.97 Å². The molecule has 17 aromatic carbocycles. The second-order valence-electron chi connectivity index (χ2n) is 31.1. The molecule has 590 valence electrons. The van der Waals surface area contributed by atoms with Crippen molar-refractivity contribution < 1.29 is 0 Å². The van der Waals surface area contributed by atoms with Gasteiger partial charge in [0.15, 0.2) is 46.6 Å². The summed E-state index contributed by atoms with van der Waals surface area (Å²) in [7, 11) is 0. The standard InChI is InChI=1S/2C39H24N4S.C33H20N4S/c1-3-11-25(12-4-1)37-40-38(26-13-5-2-6-14-26)42-39(41-37)27-19-21-28(22-20-27)43-32-17-9-7-16-31(32)35-33(43)24-23-30-29-15-8-10-18-34(29)44-36(30)35;1-3-11-25(12-4-1)37-40-38(26-13-5-2-6-14-26)42-39(41-37)27-19-21-28(22-20-27)43-33-17-9-7-15-29(33)31-23-32-30-16-8-10-18-35(30)44-36(32)24-34(31)43;1-3-11-21(12-4-1)31-34-32(22-13-5-2-6-14-22)36-33(35-31)37-25-17-9-7-15-23(25)29-26(37)19-20-28-30(29)24-16-8-10-18-27(24)38-28/h2*1-24H;1-20H. The molecule has 26 rings (SSSR count). The molecular weight excluding hydrogens is 1600 g/mol. The average Bonchev–Trinajstić information content (AvgIpc) is 1.58. The molecule has 0 spiro atoms. The minimum Gasteiger partial charge on any atom is -0.309 e. The Hall–Kier alpha value is -16.2. The van der Waals surface area contributed by atoms with E-state index >= 15 is 0 Å². The van der Waals surface area contributed by atoms with Gasteiger partial charge in [-0.3, -0.25) is 4.57 Å². The number of hydrogen-bond acceptors (Lipinski definition) is 12. The van der Waals surface area contributed by atoms with Crippen LogP contribution in [0.25, 0.3) is 234 Å². The fraction of sp³-hybridized carbons (Fsp3) is 0. The summed E-state index contributed by atoms with van der Waals surface area (Å²) in [5.74, 6) is 5.87. The van der Waals surface area contributed by atoms with Gasteiger partial charge in [-0.1, -0.05) is 297 Å². The molecule has 0 aliphatic rings. The minimum atomic E-state index is 0.614. The third kappa shape index (κ3) is 13.0. The van der Waals surface area contributed by atoms with E-state index in [4.69, 9.17) is 44.9 Å². The number of para-hydroxylation sites is 3. The Bertz CT molecular complexity index is 8340. The Labute approximate surface area is 734 Å². The van der Waals surface area contributed by atoms with Crippen LogP contribution in [0.1, 0.15) is 0 Å². The van der Waals surface area contributed by atoms with E-state index in [9.17, 15) is 0 Å². The molecule has 0 unspecified atom stereocenters. The lowest BCUT2D eigenvalue weighted by Crippen LogP contribution is -2.06. The molecule has 15 heteroatoms. The molecule has 0 aliphatic heterocycles. The van der Waals surface area contributed by atoms with Gasteiger partial charge in [0.05, 0.1) is 33.1 Å². The molecule has 9 heterocycles. The van der Waals surface area contributed by atoms with Crippen molar-refractivity contribution in [3.8, 4) is 108 Å². The van der Waals surface area contributed by atoms with Crippen LogP contribution in [0.4, 0.5) is 0 Å². The monoisotopic (exact) mass is 1660 g/mol. The fourth-order valence-electron chi connectivity index (χ4n) is 17.8. The number of aromatic nitrogens is 12. The SMILES string of the molecule is c1ccc(-c2nc(-c3ccccc3)nc(-c3ccc(-n4c5ccccc5c5c6sc7ccccc7c6ccc54)cc3)n2)cc1.c1ccc(-c2nc(-c3ccccc3)nc(-c3ccc(-n4c5ccccc5c5cc6c(cc54)sc4ccccc46)cc3)n2)cc1.c1ccc(-c2nc(-c3ccccc3)nc(-n3c4ccccc4c4c5c(ccc43)sc3ccccc35)n2)cc1. The van der Waals surface area contributed by atoms with Crippen LogP contribution < -0.4 is 0 Å². The van der Waals surface area contributed by atoms with Crippen molar-refractivity contribution in [3.05, 3.63) is 413 Å². The maximum absolute atomic E-state index is 5.05. The molecule has 126 heavy (non-hydrogen) atoms. The fourth-order valence-corrected chi connectivity index (χ4v) is 21.3. The molecule has 0 fully saturated rings. The zero-order valence-corrected chi connectivity index (χ0v) is 69.8. The van der Waals surface area contributed by atoms with Crippen LogP contribution in [-0.4, -0.2) is 58.6 Å². The first-order valence-corrected chi connectivity index (χ1v) is 44.3. The van der Waals surface area contributed by atoms with Gasteiger partial charge >= 0.3 is 0 Å². The van der Waals surface area contributed by atoms with Crippen molar-refractivity contribution in [3.63, 3.8) is 0 Å². The number of hydrogen-bond donors (Lipinski definition) is 0. The molecule has 0 atom stereocenters. The summed E-state index contributed by atoms with van der Waals surface area (Å²) in [6, 6.07) is 143. The quantitative estimate of drug-likeness (QED) is 0.124. The van der Waals surface area contributed by atoms with Crippen LogP contribution in [0.5, 0.6) is 0 Å². The molecule has 0 radical (unpaired) electrons.